The molecule has 0 aliphatic heterocycles. The normalized spacial score (nSPS) is 10.1. The molecular formula is C10H17N5O3. The van der Waals surface area contributed by atoms with Crippen LogP contribution in [-0.4, -0.2) is 42.2 Å². The van der Waals surface area contributed by atoms with Gasteiger partial charge in [-0.1, -0.05) is 0 Å². The number of unbranched alkanes of at least 4 members (excludes halogenated alkanes) is 1. The summed E-state index contributed by atoms with van der Waals surface area (Å²) in [4.78, 5) is 18.2. The lowest BCUT2D eigenvalue weighted by Crippen LogP contribution is -2.09. The molecule has 1 rings (SSSR count). The van der Waals surface area contributed by atoms with Gasteiger partial charge in [-0.05, 0) is 12.8 Å². The zero-order chi connectivity index (χ0) is 13.4. The van der Waals surface area contributed by atoms with Crippen LogP contribution >= 0.6 is 0 Å². The van der Waals surface area contributed by atoms with E-state index in [1.54, 1.807) is 14.2 Å². The SMILES string of the molecule is CNc1ncnc(NCCCCOC)c1[N+](=O)[O-]. The first kappa shape index (κ1) is 14.1. The van der Waals surface area contributed by atoms with Crippen molar-refractivity contribution in [1.82, 2.24) is 9.97 Å². The number of methoxy groups -OCH3 is 1. The Hall–Kier alpha value is -1.96. The lowest BCUT2D eigenvalue weighted by Gasteiger charge is -2.07. The smallest absolute Gasteiger partial charge is 0.353 e. The van der Waals surface area contributed by atoms with E-state index in [0.717, 1.165) is 12.8 Å². The van der Waals surface area contributed by atoms with E-state index in [1.807, 2.05) is 0 Å². The summed E-state index contributed by atoms with van der Waals surface area (Å²) in [6.07, 6.45) is 3.03. The minimum atomic E-state index is -0.497. The fraction of sp³-hybridized carbons (Fsp3) is 0.600. The van der Waals surface area contributed by atoms with Crippen LogP contribution in [0.3, 0.4) is 0 Å². The highest BCUT2D eigenvalue weighted by molar-refractivity contribution is 5.68. The molecule has 0 radical (unpaired) electrons. The Balaban J connectivity index is 2.67. The molecule has 0 spiro atoms. The minimum absolute atomic E-state index is 0.133. The predicted molar refractivity (Wildman–Crippen MR) is 67.8 cm³/mol. The lowest BCUT2D eigenvalue weighted by atomic mass is 10.3. The first-order chi connectivity index (χ1) is 8.70. The van der Waals surface area contributed by atoms with E-state index in [4.69, 9.17) is 4.74 Å². The first-order valence-corrected chi connectivity index (χ1v) is 5.60. The van der Waals surface area contributed by atoms with Crippen LogP contribution in [0, 0.1) is 10.1 Å². The fourth-order valence-electron chi connectivity index (χ4n) is 1.44. The molecule has 8 heteroatoms. The van der Waals surface area contributed by atoms with E-state index in [1.165, 1.54) is 6.33 Å². The van der Waals surface area contributed by atoms with E-state index in [-0.39, 0.29) is 17.3 Å². The highest BCUT2D eigenvalue weighted by atomic mass is 16.6. The van der Waals surface area contributed by atoms with Crippen LogP contribution < -0.4 is 10.6 Å². The van der Waals surface area contributed by atoms with Crippen LogP contribution in [0.4, 0.5) is 17.3 Å². The summed E-state index contributed by atoms with van der Waals surface area (Å²) in [5.41, 5.74) is -0.133. The van der Waals surface area contributed by atoms with Gasteiger partial charge in [0.2, 0.25) is 11.6 Å². The zero-order valence-corrected chi connectivity index (χ0v) is 10.5. The van der Waals surface area contributed by atoms with Crippen molar-refractivity contribution in [3.05, 3.63) is 16.4 Å². The first-order valence-electron chi connectivity index (χ1n) is 5.60. The molecule has 18 heavy (non-hydrogen) atoms. The van der Waals surface area contributed by atoms with E-state index in [2.05, 4.69) is 20.6 Å². The standard InChI is InChI=1S/C10H17N5O3/c1-11-9-8(15(16)17)10(14-7-13-9)12-5-3-4-6-18-2/h7H,3-6H2,1-2H3,(H2,11,12,13,14). The monoisotopic (exact) mass is 255 g/mol. The van der Waals surface area contributed by atoms with E-state index in [0.29, 0.717) is 13.2 Å². The van der Waals surface area contributed by atoms with Crippen molar-refractivity contribution in [3.8, 4) is 0 Å². The summed E-state index contributed by atoms with van der Waals surface area (Å²) in [5, 5.41) is 16.6. The Kier molecular flexibility index (Phi) is 5.78. The van der Waals surface area contributed by atoms with Gasteiger partial charge in [0, 0.05) is 27.3 Å². The number of nitrogens with one attached hydrogen (secondary N) is 2. The molecule has 0 fully saturated rings. The van der Waals surface area contributed by atoms with Crippen LogP contribution in [0.25, 0.3) is 0 Å². The van der Waals surface area contributed by atoms with Crippen molar-refractivity contribution >= 4 is 17.3 Å². The molecule has 0 aliphatic rings. The molecule has 1 aromatic heterocycles. The number of nitro groups is 1. The molecule has 0 amide bonds. The van der Waals surface area contributed by atoms with Gasteiger partial charge in [-0.25, -0.2) is 9.97 Å². The molecule has 100 valence electrons. The van der Waals surface area contributed by atoms with Crippen LogP contribution in [-0.2, 0) is 4.74 Å². The third-order valence-electron chi connectivity index (χ3n) is 2.31. The largest absolute Gasteiger partial charge is 0.385 e. The molecular weight excluding hydrogens is 238 g/mol. The van der Waals surface area contributed by atoms with Crippen LogP contribution in [0.15, 0.2) is 6.33 Å². The van der Waals surface area contributed by atoms with Crippen molar-refractivity contribution < 1.29 is 9.66 Å². The zero-order valence-electron chi connectivity index (χ0n) is 10.5. The molecule has 1 heterocycles. The van der Waals surface area contributed by atoms with Crippen molar-refractivity contribution in [1.29, 1.82) is 0 Å². The molecule has 0 saturated carbocycles. The average molecular weight is 255 g/mol. The molecule has 8 nitrogen and oxygen atoms in total. The van der Waals surface area contributed by atoms with E-state index in [9.17, 15) is 10.1 Å². The Morgan fingerprint density at radius 3 is 2.72 bits per heavy atom. The van der Waals surface area contributed by atoms with Gasteiger partial charge in [0.15, 0.2) is 0 Å². The van der Waals surface area contributed by atoms with Gasteiger partial charge in [-0.15, -0.1) is 0 Å². The Labute approximate surface area is 105 Å². The predicted octanol–water partition coefficient (Wildman–Crippen LogP) is 1.27. The van der Waals surface area contributed by atoms with E-state index >= 15 is 0 Å². The van der Waals surface area contributed by atoms with Crippen LogP contribution in [0.5, 0.6) is 0 Å². The fourth-order valence-corrected chi connectivity index (χ4v) is 1.44. The molecule has 0 atom stereocenters. The van der Waals surface area contributed by atoms with Crippen molar-refractivity contribution in [3.63, 3.8) is 0 Å². The molecule has 0 aliphatic carbocycles. The minimum Gasteiger partial charge on any atom is -0.385 e. The van der Waals surface area contributed by atoms with Crippen LogP contribution in [0.1, 0.15) is 12.8 Å². The number of hydrogen-bond acceptors (Lipinski definition) is 7. The third kappa shape index (κ3) is 3.81. The summed E-state index contributed by atoms with van der Waals surface area (Å²) in [5.74, 6) is 0.436. The number of hydrogen-bond donors (Lipinski definition) is 2. The molecule has 0 bridgehead atoms. The van der Waals surface area contributed by atoms with Crippen molar-refractivity contribution in [2.75, 3.05) is 37.9 Å². The number of ether oxygens (including phenoxy) is 1. The maximum atomic E-state index is 11.0. The molecule has 0 unspecified atom stereocenters. The maximum Gasteiger partial charge on any atom is 0.353 e. The summed E-state index contributed by atoms with van der Waals surface area (Å²) < 4.78 is 4.92. The van der Waals surface area contributed by atoms with E-state index < -0.39 is 4.92 Å². The molecule has 0 aromatic carbocycles. The van der Waals surface area contributed by atoms with Crippen molar-refractivity contribution in [2.24, 2.45) is 0 Å². The number of anilines is 2. The molecule has 1 aromatic rings. The lowest BCUT2D eigenvalue weighted by molar-refractivity contribution is -0.383. The second kappa shape index (κ2) is 7.38. The highest BCUT2D eigenvalue weighted by Gasteiger charge is 2.21. The van der Waals surface area contributed by atoms with Gasteiger partial charge in [0.25, 0.3) is 0 Å². The van der Waals surface area contributed by atoms with Crippen molar-refractivity contribution in [2.45, 2.75) is 12.8 Å². The Morgan fingerprint density at radius 1 is 1.39 bits per heavy atom. The van der Waals surface area contributed by atoms with Gasteiger partial charge < -0.3 is 15.4 Å². The summed E-state index contributed by atoms with van der Waals surface area (Å²) in [7, 11) is 3.22. The van der Waals surface area contributed by atoms with Gasteiger partial charge >= 0.3 is 5.69 Å². The van der Waals surface area contributed by atoms with Gasteiger partial charge in [0.1, 0.15) is 6.33 Å². The second-order valence-electron chi connectivity index (χ2n) is 3.55. The third-order valence-corrected chi connectivity index (χ3v) is 2.31. The molecule has 2 N–H and O–H groups in total. The number of rotatable bonds is 8. The highest BCUT2D eigenvalue weighted by Crippen LogP contribution is 2.28. The average Bonchev–Trinajstić information content (AvgIpc) is 2.37. The second-order valence-corrected chi connectivity index (χ2v) is 3.55. The Morgan fingerprint density at radius 2 is 2.11 bits per heavy atom. The number of nitrogens with zero attached hydrogens (tertiary/aromatic N) is 3. The van der Waals surface area contributed by atoms with Gasteiger partial charge in [-0.2, -0.15) is 0 Å². The topological polar surface area (TPSA) is 102 Å². The summed E-state index contributed by atoms with van der Waals surface area (Å²) >= 11 is 0. The maximum absolute atomic E-state index is 11.0. The van der Waals surface area contributed by atoms with Crippen LogP contribution in [0.2, 0.25) is 0 Å². The summed E-state index contributed by atoms with van der Waals surface area (Å²) in [6.45, 7) is 1.28. The van der Waals surface area contributed by atoms with Gasteiger partial charge in [-0.3, -0.25) is 10.1 Å². The quantitative estimate of drug-likeness (QED) is 0.409. The van der Waals surface area contributed by atoms with Gasteiger partial charge in [0.05, 0.1) is 4.92 Å². The Bertz CT molecular complexity index is 399. The summed E-state index contributed by atoms with van der Waals surface area (Å²) in [6, 6.07) is 0. The molecule has 0 saturated heterocycles. The number of aromatic nitrogens is 2.